The number of amides is 1. The maximum atomic E-state index is 13.8. The minimum absolute atomic E-state index is 0.0255. The highest BCUT2D eigenvalue weighted by Crippen LogP contribution is 2.32. The molecule has 0 spiro atoms. The molecule has 2 N–H and O–H groups in total. The van der Waals surface area contributed by atoms with Crippen LogP contribution in [0.5, 0.6) is 35.0 Å². The van der Waals surface area contributed by atoms with Crippen molar-refractivity contribution in [1.29, 1.82) is 0 Å². The van der Waals surface area contributed by atoms with Crippen LogP contribution in [0.3, 0.4) is 0 Å². The number of fused-ring (bicyclic) bond motifs is 2. The summed E-state index contributed by atoms with van der Waals surface area (Å²) in [6, 6.07) is 22.3. The average Bonchev–Trinajstić information content (AvgIpc) is 1.70. The van der Waals surface area contributed by atoms with Crippen LogP contribution in [-0.4, -0.2) is 148 Å². The number of alkyl halides is 6. The molecular formula is C54H54Cl2F6N12O11. The van der Waals surface area contributed by atoms with Gasteiger partial charge in [-0.15, -0.1) is 26.3 Å². The fraction of sp³-hybridized carbons (Fsp3) is 0.333. The van der Waals surface area contributed by atoms with Crippen molar-refractivity contribution in [2.45, 2.75) is 38.9 Å². The van der Waals surface area contributed by atoms with Crippen molar-refractivity contribution in [1.82, 2.24) is 57.4 Å². The van der Waals surface area contributed by atoms with E-state index in [1.54, 1.807) is 53.4 Å². The number of piperazine rings is 2. The summed E-state index contributed by atoms with van der Waals surface area (Å²) in [5.41, 5.74) is -2.36. The molecule has 2 aliphatic rings. The van der Waals surface area contributed by atoms with Crippen LogP contribution < -0.4 is 46.8 Å². The fourth-order valence-electron chi connectivity index (χ4n) is 8.86. The third-order valence-corrected chi connectivity index (χ3v) is 13.7. The highest BCUT2D eigenvalue weighted by atomic mass is 35.5. The number of nitrogens with zero attached hydrogens (tertiary/aromatic N) is 11. The Kier molecular flexibility index (Phi) is 19.5. The van der Waals surface area contributed by atoms with E-state index in [2.05, 4.69) is 41.6 Å². The number of likely N-dealkylation sites (N-methyl/N-ethyl adjacent to an activating group) is 2. The number of benzene rings is 4. The molecule has 0 unspecified atom stereocenters. The highest BCUT2D eigenvalue weighted by Gasteiger charge is 2.33. The third kappa shape index (κ3) is 16.0. The molecular weight excluding hydrogens is 1180 g/mol. The van der Waals surface area contributed by atoms with Gasteiger partial charge in [0.1, 0.15) is 36.1 Å². The summed E-state index contributed by atoms with van der Waals surface area (Å²) < 4.78 is 102. The van der Waals surface area contributed by atoms with Gasteiger partial charge in [0.15, 0.2) is 22.3 Å². The zero-order valence-corrected chi connectivity index (χ0v) is 47.2. The molecule has 10 rings (SSSR count). The molecule has 8 aromatic rings. The maximum Gasteiger partial charge on any atom is 0.573 e. The lowest BCUT2D eigenvalue weighted by atomic mass is 10.2. The number of carbonyl (C=O) groups excluding carboxylic acids is 1. The zero-order valence-electron chi connectivity index (χ0n) is 45.7. The van der Waals surface area contributed by atoms with Gasteiger partial charge < -0.3 is 44.1 Å². The van der Waals surface area contributed by atoms with E-state index >= 15 is 0 Å². The SMILES string of the molecule is CN1CCN(C(=O)Cn2c(=O)c3c(nc(Oc4cccc(OC(F)(F)F)c4)n3Cc3ccc(Cl)cc3)n(C)c2=O)CC1.CN1CCNCC1.Cn1c(=O)n(CC(=O)O)c(=O)c2c1nc(Oc1cccc(OC(F)(F)F)c1)n2Cc1ccc(Cl)cc1. The number of aryl methyl sites for hydroxylation is 2. The van der Waals surface area contributed by atoms with Crippen LogP contribution in [0.1, 0.15) is 11.1 Å². The molecule has 31 heteroatoms. The first-order valence-electron chi connectivity index (χ1n) is 25.8. The Bertz CT molecular complexity index is 3960. The van der Waals surface area contributed by atoms with Gasteiger partial charge in [-0.3, -0.25) is 37.4 Å². The van der Waals surface area contributed by atoms with E-state index in [0.29, 0.717) is 51.9 Å². The number of carboxylic acids is 1. The van der Waals surface area contributed by atoms with Gasteiger partial charge in [-0.25, -0.2) is 18.7 Å². The number of aromatic nitrogens is 8. The molecule has 4 aromatic heterocycles. The molecule has 0 aliphatic carbocycles. The van der Waals surface area contributed by atoms with Crippen LogP contribution in [0.2, 0.25) is 10.0 Å². The van der Waals surface area contributed by atoms with Crippen molar-refractivity contribution in [3.8, 4) is 35.0 Å². The van der Waals surface area contributed by atoms with E-state index in [1.807, 2.05) is 7.05 Å². The molecule has 0 atom stereocenters. The fourth-order valence-corrected chi connectivity index (χ4v) is 9.11. The second kappa shape index (κ2) is 26.5. The Morgan fingerprint density at radius 1 is 0.553 bits per heavy atom. The predicted molar refractivity (Wildman–Crippen MR) is 298 cm³/mol. The van der Waals surface area contributed by atoms with Crippen molar-refractivity contribution in [3.05, 3.63) is 160 Å². The van der Waals surface area contributed by atoms with Gasteiger partial charge in [-0.05, 0) is 73.8 Å². The number of halogens is 8. The number of imidazole rings is 2. The monoisotopic (exact) mass is 1230 g/mol. The largest absolute Gasteiger partial charge is 0.573 e. The smallest absolute Gasteiger partial charge is 0.480 e. The van der Waals surface area contributed by atoms with Crippen molar-refractivity contribution >= 4 is 57.4 Å². The van der Waals surface area contributed by atoms with Crippen LogP contribution in [0.4, 0.5) is 26.3 Å². The van der Waals surface area contributed by atoms with Crippen molar-refractivity contribution in [2.75, 3.05) is 66.5 Å². The highest BCUT2D eigenvalue weighted by molar-refractivity contribution is 6.30. The molecule has 2 aliphatic heterocycles. The third-order valence-electron chi connectivity index (χ3n) is 13.2. The number of hydrogen-bond donors (Lipinski definition) is 2. The molecule has 0 saturated carbocycles. The number of hydrogen-bond acceptors (Lipinski definition) is 15. The van der Waals surface area contributed by atoms with Crippen molar-refractivity contribution in [2.24, 2.45) is 14.1 Å². The number of ether oxygens (including phenoxy) is 4. The summed E-state index contributed by atoms with van der Waals surface area (Å²) in [6.07, 6.45) is -9.83. The molecule has 1 amide bonds. The van der Waals surface area contributed by atoms with Gasteiger partial charge in [0, 0.05) is 88.6 Å². The molecule has 452 valence electrons. The van der Waals surface area contributed by atoms with E-state index in [0.717, 1.165) is 51.1 Å². The lowest BCUT2D eigenvalue weighted by Crippen LogP contribution is -2.50. The van der Waals surface area contributed by atoms with Gasteiger partial charge in [0.05, 0.1) is 13.1 Å². The maximum absolute atomic E-state index is 13.8. The Morgan fingerprint density at radius 3 is 1.32 bits per heavy atom. The predicted octanol–water partition coefficient (Wildman–Crippen LogP) is 5.96. The van der Waals surface area contributed by atoms with Crippen molar-refractivity contribution < 1.29 is 60.0 Å². The summed E-state index contributed by atoms with van der Waals surface area (Å²) >= 11 is 12.0. The molecule has 6 heterocycles. The summed E-state index contributed by atoms with van der Waals surface area (Å²) in [7, 11) is 6.80. The minimum Gasteiger partial charge on any atom is -0.480 e. The number of carbonyl (C=O) groups is 2. The Hall–Kier alpha value is -8.64. The van der Waals surface area contributed by atoms with Gasteiger partial charge in [-0.2, -0.15) is 9.97 Å². The average molecular weight is 1230 g/mol. The molecule has 85 heavy (non-hydrogen) atoms. The number of carboxylic acid groups (broad SMARTS) is 1. The van der Waals surface area contributed by atoms with Crippen molar-refractivity contribution in [3.63, 3.8) is 0 Å². The molecule has 0 bridgehead atoms. The molecule has 4 aromatic carbocycles. The van der Waals surface area contributed by atoms with Gasteiger partial charge in [0.25, 0.3) is 11.1 Å². The first-order valence-corrected chi connectivity index (χ1v) is 26.5. The van der Waals surface area contributed by atoms with Crippen LogP contribution in [-0.2, 0) is 49.9 Å². The lowest BCUT2D eigenvalue weighted by molar-refractivity contribution is -0.275. The Labute approximate surface area is 487 Å². The summed E-state index contributed by atoms with van der Waals surface area (Å²) in [4.78, 5) is 91.8. The summed E-state index contributed by atoms with van der Waals surface area (Å²) in [5, 5.41) is 13.4. The van der Waals surface area contributed by atoms with E-state index in [4.69, 9.17) is 37.8 Å². The molecule has 23 nitrogen and oxygen atoms in total. The first kappa shape index (κ1) is 62.4. The molecule has 0 radical (unpaired) electrons. The topological polar surface area (TPSA) is 237 Å². The van der Waals surface area contributed by atoms with E-state index in [1.165, 1.54) is 60.6 Å². The molecule has 2 saturated heterocycles. The van der Waals surface area contributed by atoms with E-state index < -0.39 is 65.8 Å². The van der Waals surface area contributed by atoms with Crippen LogP contribution >= 0.6 is 23.2 Å². The zero-order chi connectivity index (χ0) is 61.5. The standard InChI is InChI=1S/C27H26ClF3N6O5.C22H16ClF3N4O6.C5H12N2/c1-33-10-12-35(13-11-33)21(38)16-37-24(39)22-23(34(2)26(37)40)32-25(36(22)15-17-6-8-18(28)9-7-17)41-19-4-3-5-20(14-19)42-27(29,30)31;1-28-18-17(19(33)30(21(28)34)11-16(31)32)29(10-12-5-7-13(23)8-6-12)20(27-18)35-14-3-2-4-15(9-14)36-22(24,25)26;1-7-4-2-6-3-5-7/h3-9,14H,10-13,15-16H2,1-2H3;2-9H,10-11H2,1H3,(H,31,32);6H,2-5H2,1H3. The minimum atomic E-state index is -4.92. The second-order valence-corrected chi connectivity index (χ2v) is 20.3. The first-order chi connectivity index (χ1) is 40.2. The Balaban J connectivity index is 0.000000200. The number of rotatable bonds is 14. The summed E-state index contributed by atoms with van der Waals surface area (Å²) in [6.45, 7) is 5.66. The van der Waals surface area contributed by atoms with E-state index in [9.17, 15) is 55.1 Å². The number of nitrogens with one attached hydrogen (secondary N) is 1. The quantitative estimate of drug-likeness (QED) is 0.120. The Morgan fingerprint density at radius 2 is 0.941 bits per heavy atom. The lowest BCUT2D eigenvalue weighted by Gasteiger charge is -2.32. The summed E-state index contributed by atoms with van der Waals surface area (Å²) in [5.74, 6) is -2.99. The van der Waals surface area contributed by atoms with Crippen LogP contribution in [0.15, 0.2) is 116 Å². The normalized spacial score (nSPS) is 14.1. The molecule has 2 fully saturated rings. The van der Waals surface area contributed by atoms with E-state index in [-0.39, 0.29) is 64.8 Å². The second-order valence-electron chi connectivity index (χ2n) is 19.4. The van der Waals surface area contributed by atoms with Crippen LogP contribution in [0, 0.1) is 0 Å². The van der Waals surface area contributed by atoms with Gasteiger partial charge in [0.2, 0.25) is 5.91 Å². The van der Waals surface area contributed by atoms with Gasteiger partial charge in [-0.1, -0.05) is 59.6 Å². The van der Waals surface area contributed by atoms with Crippen LogP contribution in [0.25, 0.3) is 22.3 Å². The number of aliphatic carboxylic acids is 1. The van der Waals surface area contributed by atoms with Gasteiger partial charge >= 0.3 is 42.1 Å².